The van der Waals surface area contributed by atoms with E-state index in [9.17, 15) is 18.0 Å². The molecule has 0 unspecified atom stereocenters. The van der Waals surface area contributed by atoms with Gasteiger partial charge < -0.3 is 10.6 Å². The fourth-order valence-corrected chi connectivity index (χ4v) is 2.45. The zero-order chi connectivity index (χ0) is 20.1. The second kappa shape index (κ2) is 7.80. The van der Waals surface area contributed by atoms with Crippen LogP contribution < -0.4 is 10.6 Å². The Morgan fingerprint density at radius 2 is 1.75 bits per heavy atom. The number of para-hydroxylation sites is 1. The Hall–Kier alpha value is -3.86. The third kappa shape index (κ3) is 4.45. The monoisotopic (exact) mass is 382 g/mol. The normalized spacial score (nSPS) is 10.8. The van der Waals surface area contributed by atoms with Crippen LogP contribution in [0.5, 0.6) is 0 Å². The number of aromatic nitrogens is 1. The average Bonchev–Trinajstić information content (AvgIpc) is 2.68. The van der Waals surface area contributed by atoms with Gasteiger partial charge in [0.1, 0.15) is 5.82 Å². The summed E-state index contributed by atoms with van der Waals surface area (Å²) < 4.78 is 39.2. The van der Waals surface area contributed by atoms with Gasteiger partial charge in [0.2, 0.25) is 0 Å². The number of nitrogens with one attached hydrogen (secondary N) is 2. The SMILES string of the molecule is N#Cc1ccc(Nc2cc(C(=O)Nc3ccccc3C(F)(F)F)ccn2)cc1. The molecular weight excluding hydrogens is 369 g/mol. The van der Waals surface area contributed by atoms with Gasteiger partial charge in [-0.25, -0.2) is 4.98 Å². The van der Waals surface area contributed by atoms with Gasteiger partial charge in [0.25, 0.3) is 5.91 Å². The van der Waals surface area contributed by atoms with Crippen molar-refractivity contribution in [3.8, 4) is 6.07 Å². The summed E-state index contributed by atoms with van der Waals surface area (Å²) in [6, 6.07) is 16.2. The van der Waals surface area contributed by atoms with E-state index in [1.165, 1.54) is 36.5 Å². The Bertz CT molecular complexity index is 1040. The van der Waals surface area contributed by atoms with E-state index in [2.05, 4.69) is 15.6 Å². The van der Waals surface area contributed by atoms with Crippen LogP contribution in [-0.2, 0) is 6.18 Å². The number of amides is 1. The van der Waals surface area contributed by atoms with E-state index < -0.39 is 17.6 Å². The van der Waals surface area contributed by atoms with Crippen molar-refractivity contribution in [1.29, 1.82) is 5.26 Å². The van der Waals surface area contributed by atoms with Crippen molar-refractivity contribution in [2.45, 2.75) is 6.18 Å². The number of hydrogen-bond donors (Lipinski definition) is 2. The second-order valence-electron chi connectivity index (χ2n) is 5.74. The van der Waals surface area contributed by atoms with Crippen LogP contribution in [0.2, 0.25) is 0 Å². The van der Waals surface area contributed by atoms with Crippen LogP contribution in [0.15, 0.2) is 66.9 Å². The van der Waals surface area contributed by atoms with Crippen molar-refractivity contribution in [3.63, 3.8) is 0 Å². The fourth-order valence-electron chi connectivity index (χ4n) is 2.45. The highest BCUT2D eigenvalue weighted by molar-refractivity contribution is 6.05. The molecule has 0 radical (unpaired) electrons. The number of carbonyl (C=O) groups is 1. The van der Waals surface area contributed by atoms with Gasteiger partial charge >= 0.3 is 6.18 Å². The fraction of sp³-hybridized carbons (Fsp3) is 0.0500. The summed E-state index contributed by atoms with van der Waals surface area (Å²) in [5, 5.41) is 14.1. The summed E-state index contributed by atoms with van der Waals surface area (Å²) in [6.07, 6.45) is -3.21. The molecule has 1 amide bonds. The van der Waals surface area contributed by atoms with E-state index in [-0.39, 0.29) is 11.3 Å². The standard InChI is InChI=1S/C20H13F3N4O/c21-20(22,23)16-3-1-2-4-17(16)27-19(28)14-9-10-25-18(11-14)26-15-7-5-13(12-24)6-8-15/h1-11H,(H,25,26)(H,27,28). The van der Waals surface area contributed by atoms with Crippen LogP contribution in [0, 0.1) is 11.3 Å². The van der Waals surface area contributed by atoms with Crippen LogP contribution in [0.1, 0.15) is 21.5 Å². The Balaban J connectivity index is 1.79. The number of pyridine rings is 1. The highest BCUT2D eigenvalue weighted by Gasteiger charge is 2.33. The summed E-state index contributed by atoms with van der Waals surface area (Å²) in [5.41, 5.74) is 0.0383. The van der Waals surface area contributed by atoms with E-state index in [4.69, 9.17) is 5.26 Å². The van der Waals surface area contributed by atoms with Crippen molar-refractivity contribution < 1.29 is 18.0 Å². The number of carbonyl (C=O) groups excluding carboxylic acids is 1. The lowest BCUT2D eigenvalue weighted by atomic mass is 10.1. The summed E-state index contributed by atoms with van der Waals surface area (Å²) >= 11 is 0. The van der Waals surface area contributed by atoms with Gasteiger partial charge in [-0.05, 0) is 48.5 Å². The average molecular weight is 382 g/mol. The smallest absolute Gasteiger partial charge is 0.340 e. The first kappa shape index (κ1) is 18.9. The molecule has 0 bridgehead atoms. The molecule has 0 aliphatic heterocycles. The first-order valence-electron chi connectivity index (χ1n) is 8.07. The van der Waals surface area contributed by atoms with Gasteiger partial charge in [-0.3, -0.25) is 4.79 Å². The van der Waals surface area contributed by atoms with Crippen molar-refractivity contribution >= 4 is 23.1 Å². The molecule has 8 heteroatoms. The Morgan fingerprint density at radius 1 is 1.04 bits per heavy atom. The molecule has 1 aromatic heterocycles. The summed E-state index contributed by atoms with van der Waals surface area (Å²) in [5.74, 6) is -0.358. The molecule has 3 aromatic rings. The zero-order valence-electron chi connectivity index (χ0n) is 14.3. The number of nitrogens with zero attached hydrogens (tertiary/aromatic N) is 2. The van der Waals surface area contributed by atoms with Crippen LogP contribution in [-0.4, -0.2) is 10.9 Å². The number of rotatable bonds is 4. The van der Waals surface area contributed by atoms with Gasteiger partial charge in [-0.1, -0.05) is 12.1 Å². The minimum Gasteiger partial charge on any atom is -0.340 e. The first-order valence-corrected chi connectivity index (χ1v) is 8.07. The Morgan fingerprint density at radius 3 is 2.43 bits per heavy atom. The maximum absolute atomic E-state index is 13.1. The molecule has 2 N–H and O–H groups in total. The molecule has 28 heavy (non-hydrogen) atoms. The molecule has 0 fully saturated rings. The molecule has 0 saturated carbocycles. The van der Waals surface area contributed by atoms with Gasteiger partial charge in [0, 0.05) is 17.4 Å². The van der Waals surface area contributed by atoms with E-state index >= 15 is 0 Å². The van der Waals surface area contributed by atoms with E-state index in [1.54, 1.807) is 24.3 Å². The van der Waals surface area contributed by atoms with Crippen molar-refractivity contribution in [3.05, 3.63) is 83.6 Å². The van der Waals surface area contributed by atoms with Gasteiger partial charge in [0.05, 0.1) is 22.9 Å². The predicted octanol–water partition coefficient (Wildman–Crippen LogP) is 4.97. The molecule has 0 saturated heterocycles. The highest BCUT2D eigenvalue weighted by Crippen LogP contribution is 2.34. The van der Waals surface area contributed by atoms with Crippen molar-refractivity contribution in [2.24, 2.45) is 0 Å². The third-order valence-corrected chi connectivity index (χ3v) is 3.79. The summed E-state index contributed by atoms with van der Waals surface area (Å²) in [6.45, 7) is 0. The minimum absolute atomic E-state index is 0.142. The van der Waals surface area contributed by atoms with E-state index in [1.807, 2.05) is 6.07 Å². The largest absolute Gasteiger partial charge is 0.418 e. The Labute approximate surface area is 158 Å². The van der Waals surface area contributed by atoms with Crippen LogP contribution in [0.3, 0.4) is 0 Å². The molecule has 0 aliphatic rings. The minimum atomic E-state index is -4.58. The molecule has 140 valence electrons. The topological polar surface area (TPSA) is 77.8 Å². The van der Waals surface area contributed by atoms with Crippen LogP contribution >= 0.6 is 0 Å². The molecular formula is C20H13F3N4O. The van der Waals surface area contributed by atoms with E-state index in [0.29, 0.717) is 17.1 Å². The maximum atomic E-state index is 13.1. The lowest BCUT2D eigenvalue weighted by Gasteiger charge is -2.14. The molecule has 1 heterocycles. The molecule has 3 rings (SSSR count). The number of halogens is 3. The molecule has 2 aromatic carbocycles. The van der Waals surface area contributed by atoms with Gasteiger partial charge in [-0.2, -0.15) is 18.4 Å². The van der Waals surface area contributed by atoms with Gasteiger partial charge in [-0.15, -0.1) is 0 Å². The van der Waals surface area contributed by atoms with Gasteiger partial charge in [0.15, 0.2) is 0 Å². The van der Waals surface area contributed by atoms with Crippen molar-refractivity contribution in [2.75, 3.05) is 10.6 Å². The highest BCUT2D eigenvalue weighted by atomic mass is 19.4. The molecule has 5 nitrogen and oxygen atoms in total. The van der Waals surface area contributed by atoms with Crippen LogP contribution in [0.4, 0.5) is 30.4 Å². The quantitative estimate of drug-likeness (QED) is 0.668. The third-order valence-electron chi connectivity index (χ3n) is 3.79. The van der Waals surface area contributed by atoms with Crippen LogP contribution in [0.25, 0.3) is 0 Å². The Kier molecular flexibility index (Phi) is 5.27. The number of alkyl halides is 3. The van der Waals surface area contributed by atoms with E-state index in [0.717, 1.165) is 6.07 Å². The number of hydrogen-bond acceptors (Lipinski definition) is 4. The number of nitriles is 1. The molecule has 0 aliphatic carbocycles. The zero-order valence-corrected chi connectivity index (χ0v) is 14.3. The molecule has 0 atom stereocenters. The summed E-state index contributed by atoms with van der Waals surface area (Å²) in [7, 11) is 0. The number of anilines is 3. The maximum Gasteiger partial charge on any atom is 0.418 e. The second-order valence-corrected chi connectivity index (χ2v) is 5.74. The lowest BCUT2D eigenvalue weighted by Crippen LogP contribution is -2.16. The first-order chi connectivity index (χ1) is 13.4. The van der Waals surface area contributed by atoms with Crippen molar-refractivity contribution in [1.82, 2.24) is 4.98 Å². The molecule has 0 spiro atoms. The predicted molar refractivity (Wildman–Crippen MR) is 98.1 cm³/mol. The number of benzene rings is 2. The summed E-state index contributed by atoms with van der Waals surface area (Å²) in [4.78, 5) is 16.5. The lowest BCUT2D eigenvalue weighted by molar-refractivity contribution is -0.136.